The van der Waals surface area contributed by atoms with Crippen LogP contribution in [0.2, 0.25) is 0 Å². The highest BCUT2D eigenvalue weighted by Crippen LogP contribution is 2.19. The number of hydrogen-bond donors (Lipinski definition) is 1. The summed E-state index contributed by atoms with van der Waals surface area (Å²) < 4.78 is 4.90. The van der Waals surface area contributed by atoms with E-state index in [1.54, 1.807) is 14.0 Å². The summed E-state index contributed by atoms with van der Waals surface area (Å²) >= 11 is 0. The maximum Gasteiger partial charge on any atom is 0.248 e. The zero-order valence-electron chi connectivity index (χ0n) is 10.0. The van der Waals surface area contributed by atoms with Crippen molar-refractivity contribution in [1.29, 1.82) is 0 Å². The number of nitrogens with one attached hydrogen (secondary N) is 1. The maximum atomic E-state index is 11.3. The fourth-order valence-electron chi connectivity index (χ4n) is 1.08. The Morgan fingerprint density at radius 3 is 2.43 bits per heavy atom. The fraction of sp³-hybridized carbons (Fsp3) is 0.909. The number of amides is 1. The average molecular weight is 201 g/mol. The first-order chi connectivity index (χ1) is 6.37. The van der Waals surface area contributed by atoms with E-state index in [0.717, 1.165) is 19.4 Å². The molecule has 14 heavy (non-hydrogen) atoms. The Hall–Kier alpha value is -0.570. The van der Waals surface area contributed by atoms with Crippen molar-refractivity contribution in [1.82, 2.24) is 5.32 Å². The Labute approximate surface area is 87.2 Å². The summed E-state index contributed by atoms with van der Waals surface area (Å²) in [7, 11) is 1.54. The molecule has 0 aliphatic carbocycles. The highest BCUT2D eigenvalue weighted by Gasteiger charge is 2.12. The maximum absolute atomic E-state index is 11.3. The third-order valence-electron chi connectivity index (χ3n) is 2.13. The molecule has 0 saturated heterocycles. The standard InChI is InChI=1S/C11H23NO2/c1-9(14-5)10(13)12-8-6-7-11(2,3)4/h9H,6-8H2,1-5H3,(H,12,13)/t9-/m0/s1. The van der Waals surface area contributed by atoms with Gasteiger partial charge in [0.05, 0.1) is 0 Å². The molecular weight excluding hydrogens is 178 g/mol. The first kappa shape index (κ1) is 13.4. The van der Waals surface area contributed by atoms with E-state index in [1.807, 2.05) is 0 Å². The first-order valence-corrected chi connectivity index (χ1v) is 5.17. The van der Waals surface area contributed by atoms with Crippen molar-refractivity contribution in [2.45, 2.75) is 46.6 Å². The predicted molar refractivity (Wildman–Crippen MR) is 58.2 cm³/mol. The average Bonchev–Trinajstić information content (AvgIpc) is 2.09. The third kappa shape index (κ3) is 6.89. The number of ether oxygens (including phenoxy) is 1. The van der Waals surface area contributed by atoms with Crippen molar-refractivity contribution in [2.75, 3.05) is 13.7 Å². The molecule has 0 fully saturated rings. The van der Waals surface area contributed by atoms with Crippen LogP contribution in [0.15, 0.2) is 0 Å². The van der Waals surface area contributed by atoms with Gasteiger partial charge in [0.15, 0.2) is 0 Å². The molecule has 0 aromatic carbocycles. The number of methoxy groups -OCH3 is 1. The molecule has 0 aromatic heterocycles. The van der Waals surface area contributed by atoms with Gasteiger partial charge in [-0.05, 0) is 25.2 Å². The van der Waals surface area contributed by atoms with Gasteiger partial charge < -0.3 is 10.1 Å². The molecule has 0 aliphatic rings. The lowest BCUT2D eigenvalue weighted by atomic mass is 9.91. The number of carbonyl (C=O) groups excluding carboxylic acids is 1. The summed E-state index contributed by atoms with van der Waals surface area (Å²) in [6, 6.07) is 0. The number of rotatable bonds is 5. The Balaban J connectivity index is 3.51. The Morgan fingerprint density at radius 2 is 2.00 bits per heavy atom. The molecule has 1 atom stereocenters. The van der Waals surface area contributed by atoms with Gasteiger partial charge in [-0.25, -0.2) is 0 Å². The van der Waals surface area contributed by atoms with Gasteiger partial charge in [-0.3, -0.25) is 4.79 Å². The first-order valence-electron chi connectivity index (χ1n) is 5.17. The SMILES string of the molecule is CO[C@@H](C)C(=O)NCCCC(C)(C)C. The van der Waals surface area contributed by atoms with Gasteiger partial charge in [-0.1, -0.05) is 20.8 Å². The van der Waals surface area contributed by atoms with Crippen LogP contribution in [0.3, 0.4) is 0 Å². The van der Waals surface area contributed by atoms with Gasteiger partial charge in [-0.2, -0.15) is 0 Å². The monoisotopic (exact) mass is 201 g/mol. The number of carbonyl (C=O) groups is 1. The topological polar surface area (TPSA) is 38.3 Å². The van der Waals surface area contributed by atoms with Crippen LogP contribution in [0.25, 0.3) is 0 Å². The minimum atomic E-state index is -0.343. The third-order valence-corrected chi connectivity index (χ3v) is 2.13. The zero-order valence-corrected chi connectivity index (χ0v) is 10.0. The van der Waals surface area contributed by atoms with E-state index in [9.17, 15) is 4.79 Å². The van der Waals surface area contributed by atoms with E-state index in [0.29, 0.717) is 5.41 Å². The Morgan fingerprint density at radius 1 is 1.43 bits per heavy atom. The summed E-state index contributed by atoms with van der Waals surface area (Å²) in [5.41, 5.74) is 0.345. The van der Waals surface area contributed by atoms with E-state index in [1.165, 1.54) is 0 Å². The second-order valence-corrected chi connectivity index (χ2v) is 4.83. The molecule has 0 heterocycles. The van der Waals surface area contributed by atoms with Gasteiger partial charge in [0, 0.05) is 13.7 Å². The van der Waals surface area contributed by atoms with Crippen LogP contribution in [-0.2, 0) is 9.53 Å². The lowest BCUT2D eigenvalue weighted by Crippen LogP contribution is -2.34. The minimum absolute atomic E-state index is 0.0265. The second-order valence-electron chi connectivity index (χ2n) is 4.83. The molecule has 0 rings (SSSR count). The summed E-state index contributed by atoms with van der Waals surface area (Å²) in [5.74, 6) is -0.0265. The lowest BCUT2D eigenvalue weighted by Gasteiger charge is -2.18. The van der Waals surface area contributed by atoms with E-state index in [-0.39, 0.29) is 12.0 Å². The van der Waals surface area contributed by atoms with Crippen LogP contribution in [0, 0.1) is 5.41 Å². The molecule has 3 heteroatoms. The smallest absolute Gasteiger partial charge is 0.248 e. The molecule has 0 aromatic rings. The highest BCUT2D eigenvalue weighted by molar-refractivity contribution is 5.80. The number of hydrogen-bond acceptors (Lipinski definition) is 2. The van der Waals surface area contributed by atoms with Crippen LogP contribution in [0.4, 0.5) is 0 Å². The van der Waals surface area contributed by atoms with Crippen LogP contribution < -0.4 is 5.32 Å². The van der Waals surface area contributed by atoms with Crippen LogP contribution in [0.1, 0.15) is 40.5 Å². The van der Waals surface area contributed by atoms with Crippen molar-refractivity contribution >= 4 is 5.91 Å². The van der Waals surface area contributed by atoms with E-state index < -0.39 is 0 Å². The molecule has 1 amide bonds. The molecule has 0 radical (unpaired) electrons. The van der Waals surface area contributed by atoms with Gasteiger partial charge in [-0.15, -0.1) is 0 Å². The van der Waals surface area contributed by atoms with E-state index in [2.05, 4.69) is 26.1 Å². The van der Waals surface area contributed by atoms with Crippen LogP contribution in [-0.4, -0.2) is 25.7 Å². The van der Waals surface area contributed by atoms with Crippen molar-refractivity contribution in [3.05, 3.63) is 0 Å². The molecule has 0 bridgehead atoms. The second kappa shape index (κ2) is 6.02. The largest absolute Gasteiger partial charge is 0.372 e. The van der Waals surface area contributed by atoms with Gasteiger partial charge in [0.2, 0.25) is 5.91 Å². The Kier molecular flexibility index (Phi) is 5.77. The molecule has 1 N–H and O–H groups in total. The fourth-order valence-corrected chi connectivity index (χ4v) is 1.08. The molecule has 84 valence electrons. The summed E-state index contributed by atoms with van der Waals surface area (Å²) in [6.45, 7) is 9.09. The van der Waals surface area contributed by atoms with E-state index >= 15 is 0 Å². The summed E-state index contributed by atoms with van der Waals surface area (Å²) in [6.07, 6.45) is 1.80. The molecular formula is C11H23NO2. The Bertz CT molecular complexity index is 173. The summed E-state index contributed by atoms with van der Waals surface area (Å²) in [5, 5.41) is 2.84. The van der Waals surface area contributed by atoms with Gasteiger partial charge in [0.25, 0.3) is 0 Å². The van der Waals surface area contributed by atoms with Crippen molar-refractivity contribution in [2.24, 2.45) is 5.41 Å². The molecule has 0 saturated carbocycles. The predicted octanol–water partition coefficient (Wildman–Crippen LogP) is 1.96. The zero-order chi connectivity index (χ0) is 11.2. The van der Waals surface area contributed by atoms with Gasteiger partial charge >= 0.3 is 0 Å². The molecule has 0 unspecified atom stereocenters. The highest BCUT2D eigenvalue weighted by atomic mass is 16.5. The van der Waals surface area contributed by atoms with Crippen molar-refractivity contribution in [3.63, 3.8) is 0 Å². The van der Waals surface area contributed by atoms with Crippen LogP contribution >= 0.6 is 0 Å². The molecule has 0 spiro atoms. The van der Waals surface area contributed by atoms with Crippen molar-refractivity contribution < 1.29 is 9.53 Å². The normalized spacial score (nSPS) is 13.8. The molecule has 3 nitrogen and oxygen atoms in total. The molecule has 0 aliphatic heterocycles. The van der Waals surface area contributed by atoms with Gasteiger partial charge in [0.1, 0.15) is 6.10 Å². The van der Waals surface area contributed by atoms with Crippen LogP contribution in [0.5, 0.6) is 0 Å². The minimum Gasteiger partial charge on any atom is -0.372 e. The quantitative estimate of drug-likeness (QED) is 0.691. The lowest BCUT2D eigenvalue weighted by molar-refractivity contribution is -0.130. The van der Waals surface area contributed by atoms with E-state index in [4.69, 9.17) is 4.74 Å². The summed E-state index contributed by atoms with van der Waals surface area (Å²) in [4.78, 5) is 11.3. The van der Waals surface area contributed by atoms with Crippen molar-refractivity contribution in [3.8, 4) is 0 Å².